The maximum absolute atomic E-state index is 12.1. The molecule has 0 radical (unpaired) electrons. The van der Waals surface area contributed by atoms with Gasteiger partial charge < -0.3 is 10.2 Å². The molecule has 0 atom stereocenters. The maximum atomic E-state index is 12.1. The van der Waals surface area contributed by atoms with Gasteiger partial charge in [-0.25, -0.2) is 9.97 Å². The van der Waals surface area contributed by atoms with Crippen LogP contribution in [-0.4, -0.2) is 35.0 Å². The molecular weight excluding hydrogens is 252 g/mol. The zero-order valence-corrected chi connectivity index (χ0v) is 12.1. The Labute approximate surface area is 119 Å². The summed E-state index contributed by atoms with van der Waals surface area (Å²) in [4.78, 5) is 23.3. The zero-order chi connectivity index (χ0) is 13.9. The van der Waals surface area contributed by atoms with Gasteiger partial charge in [0, 0.05) is 24.8 Å². The van der Waals surface area contributed by atoms with Crippen LogP contribution in [0.25, 0.3) is 0 Å². The molecule has 0 bridgehead atoms. The second-order valence-corrected chi connectivity index (χ2v) is 5.84. The summed E-state index contributed by atoms with van der Waals surface area (Å²) >= 11 is 0. The number of aromatic nitrogens is 2. The van der Waals surface area contributed by atoms with E-state index in [1.807, 2.05) is 6.92 Å². The van der Waals surface area contributed by atoms with Gasteiger partial charge in [0.05, 0.1) is 0 Å². The largest absolute Gasteiger partial charge is 0.348 e. The van der Waals surface area contributed by atoms with E-state index in [4.69, 9.17) is 0 Å². The molecule has 1 aromatic heterocycles. The second kappa shape index (κ2) is 5.77. The van der Waals surface area contributed by atoms with E-state index in [9.17, 15) is 4.79 Å². The van der Waals surface area contributed by atoms with Gasteiger partial charge >= 0.3 is 0 Å². The van der Waals surface area contributed by atoms with Crippen LogP contribution in [0.5, 0.6) is 0 Å². The van der Waals surface area contributed by atoms with Crippen LogP contribution in [0.2, 0.25) is 0 Å². The first-order chi connectivity index (χ1) is 9.72. The van der Waals surface area contributed by atoms with Crippen LogP contribution in [0.4, 0.5) is 5.95 Å². The van der Waals surface area contributed by atoms with Crippen LogP contribution in [0.1, 0.15) is 54.7 Å². The van der Waals surface area contributed by atoms with Crippen molar-refractivity contribution in [1.82, 2.24) is 15.3 Å². The Balaban J connectivity index is 1.79. The highest BCUT2D eigenvalue weighted by Gasteiger charge is 2.25. The standard InChI is InChI=1S/C15H22N4O/c1-11-10-13(14(20)17-12-6-7-12)18-15(16-11)19-8-4-2-3-5-9-19/h10,12H,2-9H2,1H3,(H,17,20). The molecule has 1 amide bonds. The first-order valence-corrected chi connectivity index (χ1v) is 7.64. The van der Waals surface area contributed by atoms with Crippen molar-refractivity contribution in [3.63, 3.8) is 0 Å². The molecule has 1 aliphatic heterocycles. The lowest BCUT2D eigenvalue weighted by Crippen LogP contribution is -2.30. The molecule has 108 valence electrons. The number of hydrogen-bond acceptors (Lipinski definition) is 4. The van der Waals surface area contributed by atoms with Crippen LogP contribution >= 0.6 is 0 Å². The van der Waals surface area contributed by atoms with E-state index in [1.54, 1.807) is 6.07 Å². The normalized spacial score (nSPS) is 19.6. The minimum atomic E-state index is -0.0610. The van der Waals surface area contributed by atoms with Crippen molar-refractivity contribution in [2.75, 3.05) is 18.0 Å². The number of aryl methyl sites for hydroxylation is 1. The van der Waals surface area contributed by atoms with Crippen LogP contribution in [0, 0.1) is 6.92 Å². The fraction of sp³-hybridized carbons (Fsp3) is 0.667. The van der Waals surface area contributed by atoms with Crippen molar-refractivity contribution in [1.29, 1.82) is 0 Å². The highest BCUT2D eigenvalue weighted by molar-refractivity contribution is 5.93. The first-order valence-electron chi connectivity index (χ1n) is 7.64. The molecule has 2 fully saturated rings. The Morgan fingerprint density at radius 1 is 1.20 bits per heavy atom. The lowest BCUT2D eigenvalue weighted by molar-refractivity contribution is 0.0946. The summed E-state index contributed by atoms with van der Waals surface area (Å²) in [5, 5.41) is 2.99. The van der Waals surface area contributed by atoms with Gasteiger partial charge in [-0.15, -0.1) is 0 Å². The molecule has 5 heteroatoms. The Hall–Kier alpha value is -1.65. The monoisotopic (exact) mass is 274 g/mol. The molecule has 0 aromatic carbocycles. The molecule has 1 saturated carbocycles. The van der Waals surface area contributed by atoms with E-state index in [0.29, 0.717) is 17.7 Å². The molecule has 2 heterocycles. The topological polar surface area (TPSA) is 58.1 Å². The third-order valence-corrected chi connectivity index (χ3v) is 3.88. The van der Waals surface area contributed by atoms with Gasteiger partial charge in [-0.1, -0.05) is 12.8 Å². The van der Waals surface area contributed by atoms with Crippen LogP contribution in [-0.2, 0) is 0 Å². The van der Waals surface area contributed by atoms with Crippen molar-refractivity contribution >= 4 is 11.9 Å². The summed E-state index contributed by atoms with van der Waals surface area (Å²) in [6, 6.07) is 2.14. The van der Waals surface area contributed by atoms with Crippen LogP contribution in [0.3, 0.4) is 0 Å². The number of amides is 1. The van der Waals surface area contributed by atoms with E-state index < -0.39 is 0 Å². The average Bonchev–Trinajstić information content (AvgIpc) is 3.24. The van der Waals surface area contributed by atoms with Crippen LogP contribution in [0.15, 0.2) is 6.07 Å². The third-order valence-electron chi connectivity index (χ3n) is 3.88. The van der Waals surface area contributed by atoms with Gasteiger partial charge in [-0.3, -0.25) is 4.79 Å². The SMILES string of the molecule is Cc1cc(C(=O)NC2CC2)nc(N2CCCCCC2)n1. The molecule has 0 unspecified atom stereocenters. The van der Waals surface area contributed by atoms with E-state index in [1.165, 1.54) is 25.7 Å². The molecule has 3 rings (SSSR count). The molecule has 1 aromatic rings. The first kappa shape index (κ1) is 13.3. The molecule has 5 nitrogen and oxygen atoms in total. The maximum Gasteiger partial charge on any atom is 0.270 e. The van der Waals surface area contributed by atoms with Gasteiger partial charge in [-0.2, -0.15) is 0 Å². The number of rotatable bonds is 3. The predicted molar refractivity (Wildman–Crippen MR) is 77.9 cm³/mol. The fourth-order valence-electron chi connectivity index (χ4n) is 2.57. The summed E-state index contributed by atoms with van der Waals surface area (Å²) in [7, 11) is 0. The number of carbonyl (C=O) groups is 1. The van der Waals surface area contributed by atoms with Crippen molar-refractivity contribution in [3.05, 3.63) is 17.5 Å². The number of hydrogen-bond donors (Lipinski definition) is 1. The third kappa shape index (κ3) is 3.26. The second-order valence-electron chi connectivity index (χ2n) is 5.84. The smallest absolute Gasteiger partial charge is 0.270 e. The van der Waals surface area contributed by atoms with Crippen molar-refractivity contribution < 1.29 is 4.79 Å². The predicted octanol–water partition coefficient (Wildman–Crippen LogP) is 2.06. The Bertz CT molecular complexity index is 491. The number of nitrogens with one attached hydrogen (secondary N) is 1. The van der Waals surface area contributed by atoms with Gasteiger partial charge in [0.15, 0.2) is 0 Å². The number of anilines is 1. The lowest BCUT2D eigenvalue weighted by atomic mass is 10.2. The van der Waals surface area contributed by atoms with Crippen LogP contribution < -0.4 is 10.2 Å². The summed E-state index contributed by atoms with van der Waals surface area (Å²) in [5.41, 5.74) is 1.36. The van der Waals surface area contributed by atoms with Crippen molar-refractivity contribution in [2.24, 2.45) is 0 Å². The minimum Gasteiger partial charge on any atom is -0.348 e. The molecule has 0 spiro atoms. The average molecular weight is 274 g/mol. The van der Waals surface area contributed by atoms with Gasteiger partial charge in [0.1, 0.15) is 5.69 Å². The molecule has 1 N–H and O–H groups in total. The van der Waals surface area contributed by atoms with Crippen molar-refractivity contribution in [2.45, 2.75) is 51.5 Å². The van der Waals surface area contributed by atoms with E-state index in [-0.39, 0.29) is 5.91 Å². The van der Waals surface area contributed by atoms with Crippen molar-refractivity contribution in [3.8, 4) is 0 Å². The van der Waals surface area contributed by atoms with E-state index >= 15 is 0 Å². The number of carbonyl (C=O) groups excluding carboxylic acids is 1. The highest BCUT2D eigenvalue weighted by Crippen LogP contribution is 2.20. The van der Waals surface area contributed by atoms with E-state index in [2.05, 4.69) is 20.2 Å². The molecule has 2 aliphatic rings. The zero-order valence-electron chi connectivity index (χ0n) is 12.1. The van der Waals surface area contributed by atoms with E-state index in [0.717, 1.165) is 31.6 Å². The highest BCUT2D eigenvalue weighted by atomic mass is 16.2. The van der Waals surface area contributed by atoms with Gasteiger partial charge in [-0.05, 0) is 38.7 Å². The summed E-state index contributed by atoms with van der Waals surface area (Å²) < 4.78 is 0. The Morgan fingerprint density at radius 3 is 2.55 bits per heavy atom. The summed E-state index contributed by atoms with van der Waals surface area (Å²) in [6.07, 6.45) is 7.10. The Morgan fingerprint density at radius 2 is 1.90 bits per heavy atom. The molecular formula is C15H22N4O. The lowest BCUT2D eigenvalue weighted by Gasteiger charge is -2.20. The summed E-state index contributed by atoms with van der Waals surface area (Å²) in [5.74, 6) is 0.655. The molecule has 20 heavy (non-hydrogen) atoms. The van der Waals surface area contributed by atoms with Gasteiger partial charge in [0.2, 0.25) is 5.95 Å². The molecule has 1 saturated heterocycles. The summed E-state index contributed by atoms with van der Waals surface area (Å²) in [6.45, 7) is 3.91. The Kier molecular flexibility index (Phi) is 3.85. The quantitative estimate of drug-likeness (QED) is 0.916. The number of nitrogens with zero attached hydrogens (tertiary/aromatic N) is 3. The molecule has 1 aliphatic carbocycles. The fourth-order valence-corrected chi connectivity index (χ4v) is 2.57. The van der Waals surface area contributed by atoms with Gasteiger partial charge in [0.25, 0.3) is 5.91 Å². The minimum absolute atomic E-state index is 0.0610.